The lowest BCUT2D eigenvalue weighted by molar-refractivity contribution is -0.114. The van der Waals surface area contributed by atoms with Crippen molar-refractivity contribution in [3.63, 3.8) is 0 Å². The van der Waals surface area contributed by atoms with Gasteiger partial charge in [-0.3, -0.25) is 9.10 Å². The van der Waals surface area contributed by atoms with E-state index in [1.165, 1.54) is 18.2 Å². The molecule has 29 heavy (non-hydrogen) atoms. The van der Waals surface area contributed by atoms with Gasteiger partial charge in [0.05, 0.1) is 10.6 Å². The minimum Gasteiger partial charge on any atom is -0.324 e. The van der Waals surface area contributed by atoms with Crippen LogP contribution in [0, 0.1) is 18.6 Å². The maximum Gasteiger partial charge on any atom is 0.264 e. The molecule has 0 saturated heterocycles. The third-order valence-corrected chi connectivity index (χ3v) is 5.98. The Balaban J connectivity index is 1.94. The second-order valence-electron chi connectivity index (χ2n) is 6.29. The van der Waals surface area contributed by atoms with Crippen molar-refractivity contribution in [1.29, 1.82) is 0 Å². The van der Waals surface area contributed by atoms with Crippen molar-refractivity contribution in [3.8, 4) is 0 Å². The molecule has 0 atom stereocenters. The van der Waals surface area contributed by atoms with Gasteiger partial charge in [-0.25, -0.2) is 17.2 Å². The Kier molecular flexibility index (Phi) is 5.93. The number of amides is 1. The standard InChI is InChI=1S/C21H18F2N2O3S/c1-15-7-5-6-10-20(15)25(29(27,28)17-8-3-2-4-9-17)14-21(26)24-16-11-12-18(22)19(23)13-16/h2-13H,14H2,1H3,(H,24,26). The van der Waals surface area contributed by atoms with Crippen LogP contribution in [0.4, 0.5) is 20.2 Å². The summed E-state index contributed by atoms with van der Waals surface area (Å²) in [6.45, 7) is 1.19. The molecule has 0 saturated carbocycles. The van der Waals surface area contributed by atoms with Crippen molar-refractivity contribution < 1.29 is 22.0 Å². The lowest BCUT2D eigenvalue weighted by Crippen LogP contribution is -2.38. The van der Waals surface area contributed by atoms with E-state index in [4.69, 9.17) is 0 Å². The highest BCUT2D eigenvalue weighted by Gasteiger charge is 2.28. The summed E-state index contributed by atoms with van der Waals surface area (Å²) in [5, 5.41) is 2.40. The summed E-state index contributed by atoms with van der Waals surface area (Å²) in [4.78, 5) is 12.6. The number of carbonyl (C=O) groups excluding carboxylic acids is 1. The first-order valence-electron chi connectivity index (χ1n) is 8.67. The van der Waals surface area contributed by atoms with Crippen molar-refractivity contribution in [2.75, 3.05) is 16.2 Å². The zero-order valence-corrected chi connectivity index (χ0v) is 16.3. The first-order chi connectivity index (χ1) is 13.8. The molecule has 0 fully saturated rings. The highest BCUT2D eigenvalue weighted by molar-refractivity contribution is 7.92. The second-order valence-corrected chi connectivity index (χ2v) is 8.15. The van der Waals surface area contributed by atoms with E-state index in [1.807, 2.05) is 0 Å². The summed E-state index contributed by atoms with van der Waals surface area (Å²) >= 11 is 0. The number of para-hydroxylation sites is 1. The third kappa shape index (κ3) is 4.60. The van der Waals surface area contributed by atoms with Crippen molar-refractivity contribution >= 4 is 27.3 Å². The smallest absolute Gasteiger partial charge is 0.264 e. The zero-order valence-electron chi connectivity index (χ0n) is 15.5. The molecule has 3 aromatic carbocycles. The second kappa shape index (κ2) is 8.40. The molecule has 0 unspecified atom stereocenters. The number of carbonyl (C=O) groups is 1. The van der Waals surface area contributed by atoms with Gasteiger partial charge in [0.1, 0.15) is 6.54 Å². The van der Waals surface area contributed by atoms with Gasteiger partial charge >= 0.3 is 0 Å². The third-order valence-electron chi connectivity index (χ3n) is 4.21. The van der Waals surface area contributed by atoms with Gasteiger partial charge in [-0.15, -0.1) is 0 Å². The molecule has 0 radical (unpaired) electrons. The summed E-state index contributed by atoms with van der Waals surface area (Å²) in [7, 11) is -4.04. The van der Waals surface area contributed by atoms with Crippen LogP contribution in [-0.2, 0) is 14.8 Å². The summed E-state index contributed by atoms with van der Waals surface area (Å²) in [5.41, 5.74) is 1.03. The molecular formula is C21H18F2N2O3S. The molecule has 8 heteroatoms. The van der Waals surface area contributed by atoms with E-state index in [0.29, 0.717) is 11.3 Å². The molecule has 5 nitrogen and oxygen atoms in total. The van der Waals surface area contributed by atoms with Crippen molar-refractivity contribution in [1.82, 2.24) is 0 Å². The summed E-state index contributed by atoms with van der Waals surface area (Å²) in [5.74, 6) is -2.86. The molecule has 3 aromatic rings. The minimum absolute atomic E-state index is 0.0238. The Hall–Kier alpha value is -3.26. The molecule has 150 valence electrons. The quantitative estimate of drug-likeness (QED) is 0.658. The fourth-order valence-electron chi connectivity index (χ4n) is 2.77. The van der Waals surface area contributed by atoms with E-state index in [0.717, 1.165) is 16.4 Å². The van der Waals surface area contributed by atoms with Crippen molar-refractivity contribution in [3.05, 3.63) is 90.0 Å². The van der Waals surface area contributed by atoms with Crippen LogP contribution in [0.25, 0.3) is 0 Å². The number of nitrogens with zero attached hydrogens (tertiary/aromatic N) is 1. The summed E-state index contributed by atoms with van der Waals surface area (Å²) in [6, 6.07) is 17.4. The number of nitrogens with one attached hydrogen (secondary N) is 1. The Labute approximate surface area is 167 Å². The highest BCUT2D eigenvalue weighted by atomic mass is 32.2. The van der Waals surface area contributed by atoms with Gasteiger partial charge in [0, 0.05) is 11.8 Å². The normalized spacial score (nSPS) is 11.1. The van der Waals surface area contributed by atoms with Crippen LogP contribution >= 0.6 is 0 Å². The van der Waals surface area contributed by atoms with Gasteiger partial charge in [-0.05, 0) is 42.8 Å². The van der Waals surface area contributed by atoms with E-state index < -0.39 is 34.1 Å². The number of sulfonamides is 1. The Morgan fingerprint density at radius 3 is 2.24 bits per heavy atom. The molecule has 1 amide bonds. The van der Waals surface area contributed by atoms with E-state index in [1.54, 1.807) is 49.4 Å². The molecule has 0 aliphatic carbocycles. The van der Waals surface area contributed by atoms with Crippen molar-refractivity contribution in [2.24, 2.45) is 0 Å². The molecule has 0 spiro atoms. The van der Waals surface area contributed by atoms with Crippen LogP contribution in [0.3, 0.4) is 0 Å². The number of halogens is 2. The summed E-state index contributed by atoms with van der Waals surface area (Å²) < 4.78 is 53.9. The SMILES string of the molecule is Cc1ccccc1N(CC(=O)Nc1ccc(F)c(F)c1)S(=O)(=O)c1ccccc1. The van der Waals surface area contributed by atoms with Gasteiger partial charge < -0.3 is 5.32 Å². The average Bonchev–Trinajstić information content (AvgIpc) is 2.70. The fraction of sp³-hybridized carbons (Fsp3) is 0.0952. The average molecular weight is 416 g/mol. The maximum atomic E-state index is 13.4. The number of anilines is 2. The lowest BCUT2D eigenvalue weighted by atomic mass is 10.2. The monoisotopic (exact) mass is 416 g/mol. The Bertz CT molecular complexity index is 1140. The van der Waals surface area contributed by atoms with Gasteiger partial charge in [0.25, 0.3) is 10.0 Å². The van der Waals surface area contributed by atoms with Gasteiger partial charge in [-0.2, -0.15) is 0 Å². The number of hydrogen-bond donors (Lipinski definition) is 1. The first-order valence-corrected chi connectivity index (χ1v) is 10.1. The van der Waals surface area contributed by atoms with Crippen molar-refractivity contribution in [2.45, 2.75) is 11.8 Å². The largest absolute Gasteiger partial charge is 0.324 e. The van der Waals surface area contributed by atoms with Crippen LogP contribution in [-0.4, -0.2) is 20.9 Å². The first kappa shape index (κ1) is 20.5. The molecular weight excluding hydrogens is 398 g/mol. The molecule has 0 bridgehead atoms. The van der Waals surface area contributed by atoms with Crippen LogP contribution in [0.1, 0.15) is 5.56 Å². The number of benzene rings is 3. The minimum atomic E-state index is -4.04. The number of hydrogen-bond acceptors (Lipinski definition) is 3. The predicted octanol–water partition coefficient (Wildman–Crippen LogP) is 4.11. The number of rotatable bonds is 6. The van der Waals surface area contributed by atoms with Gasteiger partial charge in [0.15, 0.2) is 11.6 Å². The Morgan fingerprint density at radius 2 is 1.59 bits per heavy atom. The summed E-state index contributed by atoms with van der Waals surface area (Å²) in [6.07, 6.45) is 0. The van der Waals surface area contributed by atoms with Crippen LogP contribution < -0.4 is 9.62 Å². The fourth-order valence-corrected chi connectivity index (χ4v) is 4.27. The van der Waals surface area contributed by atoms with Crippen LogP contribution in [0.2, 0.25) is 0 Å². The van der Waals surface area contributed by atoms with Crippen LogP contribution in [0.15, 0.2) is 77.7 Å². The number of aryl methyl sites for hydroxylation is 1. The molecule has 0 aliphatic rings. The molecule has 3 rings (SSSR count). The Morgan fingerprint density at radius 1 is 0.931 bits per heavy atom. The van der Waals surface area contributed by atoms with Crippen LogP contribution in [0.5, 0.6) is 0 Å². The maximum absolute atomic E-state index is 13.4. The van der Waals surface area contributed by atoms with Gasteiger partial charge in [-0.1, -0.05) is 36.4 Å². The van der Waals surface area contributed by atoms with E-state index in [9.17, 15) is 22.0 Å². The lowest BCUT2D eigenvalue weighted by Gasteiger charge is -2.25. The zero-order chi connectivity index (χ0) is 21.0. The molecule has 0 aromatic heterocycles. The molecule has 1 N–H and O–H groups in total. The topological polar surface area (TPSA) is 66.5 Å². The van der Waals surface area contributed by atoms with Gasteiger partial charge in [0.2, 0.25) is 5.91 Å². The van der Waals surface area contributed by atoms with E-state index in [2.05, 4.69) is 5.32 Å². The van der Waals surface area contributed by atoms with E-state index >= 15 is 0 Å². The molecule has 0 aliphatic heterocycles. The molecule has 0 heterocycles. The highest BCUT2D eigenvalue weighted by Crippen LogP contribution is 2.26. The van der Waals surface area contributed by atoms with E-state index in [-0.39, 0.29) is 10.6 Å². The predicted molar refractivity (Wildman–Crippen MR) is 107 cm³/mol.